The van der Waals surface area contributed by atoms with Gasteiger partial charge in [0.2, 0.25) is 10.0 Å². The maximum absolute atomic E-state index is 13.6. The van der Waals surface area contributed by atoms with Gasteiger partial charge in [-0.25, -0.2) is 25.9 Å². The van der Waals surface area contributed by atoms with E-state index in [4.69, 9.17) is 5.73 Å². The van der Waals surface area contributed by atoms with Gasteiger partial charge in [-0.1, -0.05) is 0 Å². The molecule has 0 spiro atoms. The smallest absolute Gasteiger partial charge is 0.240 e. The highest BCUT2D eigenvalue weighted by Crippen LogP contribution is 2.18. The lowest BCUT2D eigenvalue weighted by Crippen LogP contribution is -2.25. The summed E-state index contributed by atoms with van der Waals surface area (Å²) in [6.07, 6.45) is 2.09. The van der Waals surface area contributed by atoms with Crippen molar-refractivity contribution in [3.05, 3.63) is 24.0 Å². The van der Waals surface area contributed by atoms with Crippen LogP contribution in [0.15, 0.2) is 28.0 Å². The van der Waals surface area contributed by atoms with Crippen LogP contribution >= 0.6 is 0 Å². The van der Waals surface area contributed by atoms with Gasteiger partial charge in [0, 0.05) is 12.8 Å². The number of benzene rings is 1. The highest BCUT2D eigenvalue weighted by atomic mass is 32.2. The summed E-state index contributed by atoms with van der Waals surface area (Å²) in [5.41, 5.74) is 5.28. The van der Waals surface area contributed by atoms with Crippen molar-refractivity contribution in [2.75, 3.05) is 19.3 Å². The lowest BCUT2D eigenvalue weighted by atomic mass is 10.3. The highest BCUT2D eigenvalue weighted by Gasteiger charge is 2.19. The van der Waals surface area contributed by atoms with Crippen LogP contribution in [0.1, 0.15) is 12.8 Å². The normalized spacial score (nSPS) is 12.6. The molecule has 0 amide bonds. The van der Waals surface area contributed by atoms with Gasteiger partial charge in [-0.3, -0.25) is 0 Å². The molecule has 114 valence electrons. The first kappa shape index (κ1) is 17.0. The van der Waals surface area contributed by atoms with Crippen LogP contribution in [-0.4, -0.2) is 36.2 Å². The average molecular weight is 324 g/mol. The van der Waals surface area contributed by atoms with Gasteiger partial charge < -0.3 is 5.73 Å². The lowest BCUT2D eigenvalue weighted by molar-refractivity contribution is 0.559. The zero-order valence-corrected chi connectivity index (χ0v) is 12.6. The number of hydrogen-bond acceptors (Lipinski definition) is 5. The zero-order chi connectivity index (χ0) is 15.4. The minimum Gasteiger partial charge on any atom is -0.330 e. The van der Waals surface area contributed by atoms with Crippen LogP contribution in [0.2, 0.25) is 0 Å². The van der Waals surface area contributed by atoms with E-state index in [0.717, 1.165) is 18.4 Å². The number of unbranched alkanes of at least 4 members (excludes halogenated alkanes) is 1. The Labute approximate surface area is 118 Å². The minimum absolute atomic E-state index is 0.189. The predicted molar refractivity (Wildman–Crippen MR) is 73.0 cm³/mol. The Morgan fingerprint density at radius 1 is 1.20 bits per heavy atom. The van der Waals surface area contributed by atoms with Gasteiger partial charge in [0.1, 0.15) is 10.7 Å². The molecule has 0 fully saturated rings. The molecule has 0 bridgehead atoms. The largest absolute Gasteiger partial charge is 0.330 e. The monoisotopic (exact) mass is 324 g/mol. The molecule has 0 aliphatic heterocycles. The standard InChI is InChI=1S/C11H17FN2O4S2/c1-19(15,16)11-5-4-9(8-10(11)12)20(17,18)14-7-3-2-6-13/h4-5,8,14H,2-3,6-7,13H2,1H3. The van der Waals surface area contributed by atoms with E-state index in [1.165, 1.54) is 0 Å². The van der Waals surface area contributed by atoms with E-state index in [0.29, 0.717) is 25.5 Å². The second-order valence-electron chi connectivity index (χ2n) is 4.26. The first-order chi connectivity index (χ1) is 9.18. The Morgan fingerprint density at radius 2 is 1.85 bits per heavy atom. The lowest BCUT2D eigenvalue weighted by Gasteiger charge is -2.08. The van der Waals surface area contributed by atoms with Crippen molar-refractivity contribution >= 4 is 19.9 Å². The van der Waals surface area contributed by atoms with Crippen LogP contribution in [0.5, 0.6) is 0 Å². The molecule has 0 heterocycles. The topological polar surface area (TPSA) is 106 Å². The molecule has 0 saturated carbocycles. The van der Waals surface area contributed by atoms with Gasteiger partial charge in [-0.15, -0.1) is 0 Å². The van der Waals surface area contributed by atoms with E-state index in [2.05, 4.69) is 4.72 Å². The fourth-order valence-corrected chi connectivity index (χ4v) is 3.32. The van der Waals surface area contributed by atoms with E-state index in [-0.39, 0.29) is 11.4 Å². The van der Waals surface area contributed by atoms with Crippen molar-refractivity contribution in [3.63, 3.8) is 0 Å². The van der Waals surface area contributed by atoms with Crippen molar-refractivity contribution in [2.24, 2.45) is 5.73 Å². The van der Waals surface area contributed by atoms with Crippen molar-refractivity contribution in [2.45, 2.75) is 22.6 Å². The van der Waals surface area contributed by atoms with Crippen molar-refractivity contribution in [3.8, 4) is 0 Å². The number of nitrogens with two attached hydrogens (primary N) is 1. The molecule has 0 aromatic heterocycles. The Hall–Kier alpha value is -1.03. The molecule has 1 rings (SSSR count). The Bertz CT molecular complexity index is 672. The first-order valence-electron chi connectivity index (χ1n) is 5.88. The Kier molecular flexibility index (Phi) is 5.63. The molecule has 0 atom stereocenters. The van der Waals surface area contributed by atoms with Crippen LogP contribution in [-0.2, 0) is 19.9 Å². The summed E-state index contributed by atoms with van der Waals surface area (Å²) in [4.78, 5) is -0.838. The summed E-state index contributed by atoms with van der Waals surface area (Å²) in [5.74, 6) is -1.09. The van der Waals surface area contributed by atoms with Gasteiger partial charge in [-0.05, 0) is 37.6 Å². The van der Waals surface area contributed by atoms with E-state index in [9.17, 15) is 21.2 Å². The molecular weight excluding hydrogens is 307 g/mol. The molecule has 0 unspecified atom stereocenters. The number of sulfonamides is 1. The molecule has 0 aliphatic carbocycles. The number of sulfone groups is 1. The van der Waals surface area contributed by atoms with Crippen LogP contribution < -0.4 is 10.5 Å². The number of nitrogens with one attached hydrogen (secondary N) is 1. The summed E-state index contributed by atoms with van der Waals surface area (Å²) in [6.45, 7) is 0.647. The van der Waals surface area contributed by atoms with E-state index in [1.807, 2.05) is 0 Å². The summed E-state index contributed by atoms with van der Waals surface area (Å²) >= 11 is 0. The van der Waals surface area contributed by atoms with Crippen LogP contribution in [0, 0.1) is 5.82 Å². The van der Waals surface area contributed by atoms with Crippen LogP contribution in [0.4, 0.5) is 4.39 Å². The third-order valence-electron chi connectivity index (χ3n) is 2.54. The second kappa shape index (κ2) is 6.61. The SMILES string of the molecule is CS(=O)(=O)c1ccc(S(=O)(=O)NCCCCN)cc1F. The van der Waals surface area contributed by atoms with Crippen LogP contribution in [0.25, 0.3) is 0 Å². The molecule has 0 aliphatic rings. The van der Waals surface area contributed by atoms with Crippen molar-refractivity contribution < 1.29 is 21.2 Å². The van der Waals surface area contributed by atoms with Gasteiger partial charge in [0.05, 0.1) is 4.90 Å². The minimum atomic E-state index is -3.85. The Morgan fingerprint density at radius 3 is 2.35 bits per heavy atom. The van der Waals surface area contributed by atoms with E-state index >= 15 is 0 Å². The molecule has 6 nitrogen and oxygen atoms in total. The summed E-state index contributed by atoms with van der Waals surface area (Å²) in [7, 11) is -7.58. The van der Waals surface area contributed by atoms with Crippen LogP contribution in [0.3, 0.4) is 0 Å². The van der Waals surface area contributed by atoms with Crippen molar-refractivity contribution in [1.82, 2.24) is 4.72 Å². The average Bonchev–Trinajstić information content (AvgIpc) is 2.33. The maximum Gasteiger partial charge on any atom is 0.240 e. The fraction of sp³-hybridized carbons (Fsp3) is 0.455. The maximum atomic E-state index is 13.6. The van der Waals surface area contributed by atoms with Crippen molar-refractivity contribution in [1.29, 1.82) is 0 Å². The Balaban J connectivity index is 2.95. The first-order valence-corrected chi connectivity index (χ1v) is 9.25. The molecule has 20 heavy (non-hydrogen) atoms. The highest BCUT2D eigenvalue weighted by molar-refractivity contribution is 7.90. The number of rotatable bonds is 7. The van der Waals surface area contributed by atoms with E-state index < -0.39 is 30.6 Å². The molecule has 0 radical (unpaired) electrons. The predicted octanol–water partition coefficient (Wildman–Crippen LogP) is 0.246. The van der Waals surface area contributed by atoms with E-state index in [1.54, 1.807) is 0 Å². The summed E-state index contributed by atoms with van der Waals surface area (Å²) < 4.78 is 62.1. The summed E-state index contributed by atoms with van der Waals surface area (Å²) in [5, 5.41) is 0. The summed E-state index contributed by atoms with van der Waals surface area (Å²) in [6, 6.07) is 2.70. The molecule has 3 N–H and O–H groups in total. The molecule has 1 aromatic carbocycles. The fourth-order valence-electron chi connectivity index (χ4n) is 1.51. The third-order valence-corrected chi connectivity index (χ3v) is 5.12. The number of halogens is 1. The molecule has 9 heteroatoms. The zero-order valence-electron chi connectivity index (χ0n) is 11.0. The van der Waals surface area contributed by atoms with Gasteiger partial charge >= 0.3 is 0 Å². The molecular formula is C11H17FN2O4S2. The molecule has 1 aromatic rings. The van der Waals surface area contributed by atoms with Gasteiger partial charge in [0.15, 0.2) is 9.84 Å². The quantitative estimate of drug-likeness (QED) is 0.699. The second-order valence-corrected chi connectivity index (χ2v) is 8.01. The molecule has 0 saturated heterocycles. The van der Waals surface area contributed by atoms with Gasteiger partial charge in [0.25, 0.3) is 0 Å². The number of hydrogen-bond donors (Lipinski definition) is 2. The third kappa shape index (κ3) is 4.51. The van der Waals surface area contributed by atoms with Gasteiger partial charge in [-0.2, -0.15) is 0 Å².